The van der Waals surface area contributed by atoms with E-state index in [1.807, 2.05) is 0 Å². The normalized spacial score (nSPS) is 14.9. The van der Waals surface area contributed by atoms with Gasteiger partial charge in [-0.2, -0.15) is 0 Å². The van der Waals surface area contributed by atoms with Crippen molar-refractivity contribution in [1.82, 2.24) is 4.90 Å². The topological polar surface area (TPSA) is 83.7 Å². The second kappa shape index (κ2) is 6.99. The second-order valence-corrected chi connectivity index (χ2v) is 5.02. The second-order valence-electron chi connectivity index (χ2n) is 5.02. The molecule has 1 aromatic rings. The molecule has 1 saturated carbocycles. The van der Waals surface area contributed by atoms with E-state index in [9.17, 15) is 14.9 Å². The fourth-order valence-corrected chi connectivity index (χ4v) is 2.25. The Morgan fingerprint density at radius 1 is 1.38 bits per heavy atom. The lowest BCUT2D eigenvalue weighted by Gasteiger charge is -2.36. The maximum absolute atomic E-state index is 12.1. The van der Waals surface area contributed by atoms with E-state index in [0.29, 0.717) is 6.54 Å². The third kappa shape index (κ3) is 3.88. The molecule has 0 aromatic heterocycles. The Hall–Kier alpha value is -2.21. The molecule has 0 aliphatic heterocycles. The predicted octanol–water partition coefficient (Wildman–Crippen LogP) is 1.98. The smallest absolute Gasteiger partial charge is 0.269 e. The molecular weight excluding hydrogens is 272 g/mol. The first-order valence-corrected chi connectivity index (χ1v) is 6.96. The highest BCUT2D eigenvalue weighted by Crippen LogP contribution is 2.25. The van der Waals surface area contributed by atoms with Crippen molar-refractivity contribution in [2.45, 2.75) is 25.3 Å². The lowest BCUT2D eigenvalue weighted by atomic mass is 9.91. The zero-order valence-corrected chi connectivity index (χ0v) is 11.6. The number of amides is 1. The molecule has 0 bridgehead atoms. The number of non-ortho nitro benzene ring substituents is 1. The first-order valence-electron chi connectivity index (χ1n) is 6.96. The van der Waals surface area contributed by atoms with Gasteiger partial charge in [0.25, 0.3) is 5.69 Å². The van der Waals surface area contributed by atoms with Gasteiger partial charge in [0.2, 0.25) is 5.91 Å². The molecule has 112 valence electrons. The SMILES string of the molecule is O=C(/C=C/c1ccc([N+](=O)[O-])cc1)N(CCO)C1CCC1. The number of benzene rings is 1. The van der Waals surface area contributed by atoms with Crippen LogP contribution >= 0.6 is 0 Å². The van der Waals surface area contributed by atoms with E-state index in [1.54, 1.807) is 23.1 Å². The fraction of sp³-hybridized carbons (Fsp3) is 0.400. The lowest BCUT2D eigenvalue weighted by molar-refractivity contribution is -0.384. The lowest BCUT2D eigenvalue weighted by Crippen LogP contribution is -2.44. The van der Waals surface area contributed by atoms with Gasteiger partial charge in [-0.15, -0.1) is 0 Å². The Labute approximate surface area is 122 Å². The van der Waals surface area contributed by atoms with Crippen LogP contribution in [0.3, 0.4) is 0 Å². The van der Waals surface area contributed by atoms with Gasteiger partial charge in [-0.1, -0.05) is 0 Å². The molecule has 6 nitrogen and oxygen atoms in total. The van der Waals surface area contributed by atoms with Crippen molar-refractivity contribution < 1.29 is 14.8 Å². The summed E-state index contributed by atoms with van der Waals surface area (Å²) in [7, 11) is 0. The zero-order valence-electron chi connectivity index (χ0n) is 11.6. The van der Waals surface area contributed by atoms with Gasteiger partial charge in [-0.25, -0.2) is 0 Å². The van der Waals surface area contributed by atoms with Crippen molar-refractivity contribution >= 4 is 17.7 Å². The van der Waals surface area contributed by atoms with Gasteiger partial charge in [0.05, 0.1) is 11.5 Å². The minimum Gasteiger partial charge on any atom is -0.395 e. The summed E-state index contributed by atoms with van der Waals surface area (Å²) in [5.41, 5.74) is 0.751. The van der Waals surface area contributed by atoms with Crippen molar-refractivity contribution in [2.24, 2.45) is 0 Å². The predicted molar refractivity (Wildman–Crippen MR) is 78.6 cm³/mol. The third-order valence-electron chi connectivity index (χ3n) is 3.66. The number of nitrogens with zero attached hydrogens (tertiary/aromatic N) is 2. The molecule has 0 heterocycles. The van der Waals surface area contributed by atoms with E-state index >= 15 is 0 Å². The molecule has 2 rings (SSSR count). The molecule has 1 N–H and O–H groups in total. The van der Waals surface area contributed by atoms with E-state index in [0.717, 1.165) is 24.8 Å². The molecule has 1 aliphatic rings. The van der Waals surface area contributed by atoms with Crippen LogP contribution in [0.4, 0.5) is 5.69 Å². The van der Waals surface area contributed by atoms with E-state index in [-0.39, 0.29) is 24.2 Å². The number of carbonyl (C=O) groups is 1. The number of carbonyl (C=O) groups excluding carboxylic acids is 1. The first kappa shape index (κ1) is 15.2. The highest BCUT2D eigenvalue weighted by Gasteiger charge is 2.26. The average Bonchev–Trinajstić information content (AvgIpc) is 2.43. The summed E-state index contributed by atoms with van der Waals surface area (Å²) in [6, 6.07) is 6.23. The molecule has 0 radical (unpaired) electrons. The Morgan fingerprint density at radius 3 is 2.52 bits per heavy atom. The van der Waals surface area contributed by atoms with E-state index in [2.05, 4.69) is 0 Å². The number of aliphatic hydroxyl groups is 1. The van der Waals surface area contributed by atoms with Crippen LogP contribution in [0, 0.1) is 10.1 Å². The maximum atomic E-state index is 12.1. The molecule has 21 heavy (non-hydrogen) atoms. The minimum absolute atomic E-state index is 0.0230. The molecule has 0 saturated heterocycles. The highest BCUT2D eigenvalue weighted by atomic mass is 16.6. The number of nitro benzene ring substituents is 1. The molecule has 1 fully saturated rings. The van der Waals surface area contributed by atoms with Crippen LogP contribution < -0.4 is 0 Å². The largest absolute Gasteiger partial charge is 0.395 e. The number of rotatable bonds is 6. The Bertz CT molecular complexity index is 535. The molecule has 0 spiro atoms. The van der Waals surface area contributed by atoms with Crippen molar-refractivity contribution in [1.29, 1.82) is 0 Å². The molecular formula is C15H18N2O4. The van der Waals surface area contributed by atoms with Crippen molar-refractivity contribution in [3.63, 3.8) is 0 Å². The fourth-order valence-electron chi connectivity index (χ4n) is 2.25. The maximum Gasteiger partial charge on any atom is 0.269 e. The molecule has 0 unspecified atom stereocenters. The molecule has 1 aliphatic carbocycles. The van der Waals surface area contributed by atoms with Gasteiger partial charge in [0, 0.05) is 30.8 Å². The van der Waals surface area contributed by atoms with E-state index in [4.69, 9.17) is 5.11 Å². The molecule has 6 heteroatoms. The summed E-state index contributed by atoms with van der Waals surface area (Å²) in [6.07, 6.45) is 6.17. The Balaban J connectivity index is 2.00. The summed E-state index contributed by atoms with van der Waals surface area (Å²) in [6.45, 7) is 0.293. The molecule has 0 atom stereocenters. The zero-order chi connectivity index (χ0) is 15.2. The number of hydrogen-bond acceptors (Lipinski definition) is 4. The summed E-state index contributed by atoms with van der Waals surface area (Å²) in [5.74, 6) is -0.132. The van der Waals surface area contributed by atoms with Crippen molar-refractivity contribution in [3.05, 3.63) is 46.0 Å². The summed E-state index contributed by atoms with van der Waals surface area (Å²) in [5, 5.41) is 19.6. The Morgan fingerprint density at radius 2 is 2.05 bits per heavy atom. The number of aliphatic hydroxyl groups excluding tert-OH is 1. The third-order valence-corrected chi connectivity index (χ3v) is 3.66. The van der Waals surface area contributed by atoms with Crippen molar-refractivity contribution in [2.75, 3.05) is 13.2 Å². The monoisotopic (exact) mass is 290 g/mol. The first-order chi connectivity index (χ1) is 10.1. The minimum atomic E-state index is -0.460. The van der Waals surface area contributed by atoms with Gasteiger partial charge in [0.15, 0.2) is 0 Å². The number of nitro groups is 1. The number of hydrogen-bond donors (Lipinski definition) is 1. The van der Waals surface area contributed by atoms with Gasteiger partial charge < -0.3 is 10.0 Å². The van der Waals surface area contributed by atoms with E-state index in [1.165, 1.54) is 18.2 Å². The Kier molecular flexibility index (Phi) is 5.05. The van der Waals surface area contributed by atoms with Crippen molar-refractivity contribution in [3.8, 4) is 0 Å². The summed E-state index contributed by atoms with van der Waals surface area (Å²) >= 11 is 0. The average molecular weight is 290 g/mol. The van der Waals surface area contributed by atoms with Crippen LogP contribution in [0.25, 0.3) is 6.08 Å². The van der Waals surface area contributed by atoms with Crippen LogP contribution in [-0.2, 0) is 4.79 Å². The van der Waals surface area contributed by atoms with E-state index < -0.39 is 4.92 Å². The van der Waals surface area contributed by atoms with Crippen LogP contribution in [-0.4, -0.2) is 40.0 Å². The van der Waals surface area contributed by atoms with Crippen LogP contribution in [0.1, 0.15) is 24.8 Å². The van der Waals surface area contributed by atoms with Gasteiger partial charge in [-0.05, 0) is 43.0 Å². The standard InChI is InChI=1S/C15H18N2O4/c18-11-10-16(13-2-1-3-13)15(19)9-6-12-4-7-14(8-5-12)17(20)21/h4-9,13,18H,1-3,10-11H2/b9-6+. The summed E-state index contributed by atoms with van der Waals surface area (Å²) < 4.78 is 0. The molecule has 1 amide bonds. The van der Waals surface area contributed by atoms with Gasteiger partial charge in [-0.3, -0.25) is 14.9 Å². The van der Waals surface area contributed by atoms with Gasteiger partial charge >= 0.3 is 0 Å². The van der Waals surface area contributed by atoms with Crippen LogP contribution in [0.15, 0.2) is 30.3 Å². The highest BCUT2D eigenvalue weighted by molar-refractivity contribution is 5.92. The quantitative estimate of drug-likeness (QED) is 0.493. The van der Waals surface area contributed by atoms with Crippen LogP contribution in [0.5, 0.6) is 0 Å². The molecule has 1 aromatic carbocycles. The van der Waals surface area contributed by atoms with Gasteiger partial charge in [0.1, 0.15) is 0 Å². The summed E-state index contributed by atoms with van der Waals surface area (Å²) in [4.78, 5) is 23.9. The van der Waals surface area contributed by atoms with Crippen LogP contribution in [0.2, 0.25) is 0 Å².